The summed E-state index contributed by atoms with van der Waals surface area (Å²) in [5, 5.41) is 5.02. The molecule has 8 nitrogen and oxygen atoms in total. The number of hydrogen-bond acceptors (Lipinski definition) is 5. The Hall–Kier alpha value is -4.24. The molecule has 0 spiro atoms. The molecule has 1 aliphatic heterocycles. The molecule has 9 heteroatoms. The topological polar surface area (TPSA) is 105 Å². The number of carbonyl (C=O) groups is 4. The van der Waals surface area contributed by atoms with Crippen LogP contribution in [0.2, 0.25) is 0 Å². The minimum absolute atomic E-state index is 0.206. The molecule has 2 N–H and O–H groups in total. The van der Waals surface area contributed by atoms with E-state index in [1.165, 1.54) is 6.08 Å². The van der Waals surface area contributed by atoms with Crippen LogP contribution in [0.4, 0.5) is 16.2 Å². The van der Waals surface area contributed by atoms with Gasteiger partial charge in [-0.25, -0.2) is 9.69 Å². The van der Waals surface area contributed by atoms with Crippen LogP contribution in [0, 0.1) is 13.8 Å². The molecule has 3 aromatic carbocycles. The van der Waals surface area contributed by atoms with Gasteiger partial charge in [-0.15, -0.1) is 0 Å². The van der Waals surface area contributed by atoms with E-state index in [-0.39, 0.29) is 18.1 Å². The summed E-state index contributed by atoms with van der Waals surface area (Å²) in [7, 11) is 0. The van der Waals surface area contributed by atoms with E-state index in [0.717, 1.165) is 20.5 Å². The van der Waals surface area contributed by atoms with Gasteiger partial charge in [0, 0.05) is 10.2 Å². The molecule has 182 valence electrons. The van der Waals surface area contributed by atoms with Crippen molar-refractivity contribution in [3.63, 3.8) is 0 Å². The summed E-state index contributed by atoms with van der Waals surface area (Å²) in [4.78, 5) is 51.1. The molecule has 1 aliphatic rings. The van der Waals surface area contributed by atoms with Crippen molar-refractivity contribution in [2.24, 2.45) is 0 Å². The molecule has 0 radical (unpaired) electrons. The van der Waals surface area contributed by atoms with Crippen molar-refractivity contribution < 1.29 is 23.9 Å². The predicted molar refractivity (Wildman–Crippen MR) is 140 cm³/mol. The Morgan fingerprint density at radius 2 is 1.78 bits per heavy atom. The molecule has 1 saturated heterocycles. The van der Waals surface area contributed by atoms with Crippen molar-refractivity contribution in [3.05, 3.63) is 93.5 Å². The van der Waals surface area contributed by atoms with Crippen molar-refractivity contribution in [1.29, 1.82) is 0 Å². The molecule has 5 amide bonds. The zero-order valence-electron chi connectivity index (χ0n) is 19.5. The van der Waals surface area contributed by atoms with Gasteiger partial charge in [0.25, 0.3) is 17.7 Å². The molecule has 0 aromatic heterocycles. The van der Waals surface area contributed by atoms with E-state index < -0.39 is 17.8 Å². The van der Waals surface area contributed by atoms with Crippen LogP contribution in [-0.4, -0.2) is 30.4 Å². The van der Waals surface area contributed by atoms with Crippen LogP contribution in [-0.2, 0) is 14.4 Å². The zero-order chi connectivity index (χ0) is 25.8. The molecule has 1 fully saturated rings. The number of barbiturate groups is 1. The fourth-order valence-electron chi connectivity index (χ4n) is 3.55. The summed E-state index contributed by atoms with van der Waals surface area (Å²) >= 11 is 3.31. The van der Waals surface area contributed by atoms with Crippen LogP contribution in [0.15, 0.2) is 76.8 Å². The molecule has 4 rings (SSSR count). The lowest BCUT2D eigenvalue weighted by atomic mass is 10.1. The maximum absolute atomic E-state index is 13.0. The Morgan fingerprint density at radius 3 is 2.53 bits per heavy atom. The standard InChI is InChI=1S/C27H22BrN3O5/c1-16-6-7-17(2)23(12-16)29-24(32)15-36-21-5-3-4-18(13-21)14-22-25(33)30-27(35)31(26(22)34)20-10-8-19(28)9-11-20/h3-14H,15H2,1-2H3,(H,29,32)(H,30,33,35)/b22-14+. The summed E-state index contributed by atoms with van der Waals surface area (Å²) in [6, 6.07) is 18.1. The van der Waals surface area contributed by atoms with E-state index in [4.69, 9.17) is 4.74 Å². The van der Waals surface area contributed by atoms with Gasteiger partial charge in [0.05, 0.1) is 5.69 Å². The Bertz CT molecular complexity index is 1400. The number of anilines is 2. The van der Waals surface area contributed by atoms with E-state index >= 15 is 0 Å². The molecule has 3 aromatic rings. The average molecular weight is 548 g/mol. The number of halogens is 1. The minimum atomic E-state index is -0.823. The summed E-state index contributed by atoms with van der Waals surface area (Å²) in [6.07, 6.45) is 1.37. The molecule has 0 saturated carbocycles. The van der Waals surface area contributed by atoms with E-state index in [2.05, 4.69) is 26.6 Å². The number of aryl methyl sites for hydroxylation is 2. The van der Waals surface area contributed by atoms with Gasteiger partial charge in [-0.3, -0.25) is 19.7 Å². The van der Waals surface area contributed by atoms with E-state index in [1.54, 1.807) is 48.5 Å². The van der Waals surface area contributed by atoms with Gasteiger partial charge in [0.1, 0.15) is 11.3 Å². The Balaban J connectivity index is 1.48. The first-order chi connectivity index (χ1) is 17.2. The zero-order valence-corrected chi connectivity index (χ0v) is 21.1. The number of rotatable bonds is 6. The van der Waals surface area contributed by atoms with E-state index in [9.17, 15) is 19.2 Å². The highest BCUT2D eigenvalue weighted by atomic mass is 79.9. The molecule has 0 atom stereocenters. The maximum Gasteiger partial charge on any atom is 0.335 e. The number of carbonyl (C=O) groups excluding carboxylic acids is 4. The van der Waals surface area contributed by atoms with Crippen LogP contribution >= 0.6 is 15.9 Å². The van der Waals surface area contributed by atoms with Crippen molar-refractivity contribution >= 4 is 57.1 Å². The molecule has 0 bridgehead atoms. The first-order valence-electron chi connectivity index (χ1n) is 11.0. The first kappa shape index (κ1) is 24.9. The third-order valence-electron chi connectivity index (χ3n) is 5.39. The molecular formula is C27H22BrN3O5. The highest BCUT2D eigenvalue weighted by Crippen LogP contribution is 2.24. The van der Waals surface area contributed by atoms with E-state index in [1.807, 2.05) is 32.0 Å². The molecule has 36 heavy (non-hydrogen) atoms. The molecular weight excluding hydrogens is 526 g/mol. The van der Waals surface area contributed by atoms with Crippen LogP contribution < -0.4 is 20.3 Å². The SMILES string of the molecule is Cc1ccc(C)c(NC(=O)COc2cccc(/C=C3\C(=O)NC(=O)N(c4ccc(Br)cc4)C3=O)c2)c1. The monoisotopic (exact) mass is 547 g/mol. The highest BCUT2D eigenvalue weighted by Gasteiger charge is 2.36. The number of nitrogens with zero attached hydrogens (tertiary/aromatic N) is 1. The summed E-state index contributed by atoms with van der Waals surface area (Å²) < 4.78 is 6.40. The molecule has 0 aliphatic carbocycles. The van der Waals surface area contributed by atoms with Crippen molar-refractivity contribution in [3.8, 4) is 5.75 Å². The molecule has 0 unspecified atom stereocenters. The van der Waals surface area contributed by atoms with Crippen molar-refractivity contribution in [2.45, 2.75) is 13.8 Å². The van der Waals surface area contributed by atoms with Crippen molar-refractivity contribution in [1.82, 2.24) is 5.32 Å². The fourth-order valence-corrected chi connectivity index (χ4v) is 3.81. The largest absolute Gasteiger partial charge is 0.484 e. The number of amides is 5. The second kappa shape index (κ2) is 10.6. The highest BCUT2D eigenvalue weighted by molar-refractivity contribution is 9.10. The molecule has 1 heterocycles. The lowest BCUT2D eigenvalue weighted by Gasteiger charge is -2.26. The summed E-state index contributed by atoms with van der Waals surface area (Å²) in [5.41, 5.74) is 3.29. The second-order valence-corrected chi connectivity index (χ2v) is 9.08. The number of benzene rings is 3. The van der Waals surface area contributed by atoms with Gasteiger partial charge in [-0.1, -0.05) is 40.2 Å². The van der Waals surface area contributed by atoms with Crippen LogP contribution in [0.1, 0.15) is 16.7 Å². The van der Waals surface area contributed by atoms with Gasteiger partial charge in [-0.05, 0) is 79.1 Å². The quantitative estimate of drug-likeness (QED) is 0.342. The second-order valence-electron chi connectivity index (χ2n) is 8.16. The van der Waals surface area contributed by atoms with Gasteiger partial charge >= 0.3 is 6.03 Å². The Labute approximate surface area is 216 Å². The number of ether oxygens (including phenoxy) is 1. The average Bonchev–Trinajstić information content (AvgIpc) is 2.84. The number of nitrogens with one attached hydrogen (secondary N) is 2. The third kappa shape index (κ3) is 5.69. The lowest BCUT2D eigenvalue weighted by molar-refractivity contribution is -0.122. The van der Waals surface area contributed by atoms with Crippen LogP contribution in [0.3, 0.4) is 0 Å². The van der Waals surface area contributed by atoms with Crippen LogP contribution in [0.25, 0.3) is 6.08 Å². The first-order valence-corrected chi connectivity index (χ1v) is 11.8. The number of urea groups is 1. The van der Waals surface area contributed by atoms with Gasteiger partial charge < -0.3 is 10.1 Å². The van der Waals surface area contributed by atoms with Crippen molar-refractivity contribution in [2.75, 3.05) is 16.8 Å². The number of imide groups is 2. The Kier molecular flexibility index (Phi) is 7.30. The van der Waals surface area contributed by atoms with Crippen LogP contribution in [0.5, 0.6) is 5.75 Å². The summed E-state index contributed by atoms with van der Waals surface area (Å²) in [5.74, 6) is -1.48. The Morgan fingerprint density at radius 1 is 1.03 bits per heavy atom. The fraction of sp³-hybridized carbons (Fsp3) is 0.111. The van der Waals surface area contributed by atoms with E-state index in [0.29, 0.717) is 22.7 Å². The minimum Gasteiger partial charge on any atom is -0.484 e. The maximum atomic E-state index is 13.0. The van der Waals surface area contributed by atoms with Gasteiger partial charge in [0.15, 0.2) is 6.61 Å². The van der Waals surface area contributed by atoms with Gasteiger partial charge in [-0.2, -0.15) is 0 Å². The number of hydrogen-bond donors (Lipinski definition) is 2. The van der Waals surface area contributed by atoms with Gasteiger partial charge in [0.2, 0.25) is 0 Å². The normalized spacial score (nSPS) is 14.6. The smallest absolute Gasteiger partial charge is 0.335 e. The third-order valence-corrected chi connectivity index (χ3v) is 5.92. The predicted octanol–water partition coefficient (Wildman–Crippen LogP) is 4.75. The summed E-state index contributed by atoms with van der Waals surface area (Å²) in [6.45, 7) is 3.62. The lowest BCUT2D eigenvalue weighted by Crippen LogP contribution is -2.54.